The highest BCUT2D eigenvalue weighted by Gasteiger charge is 2.16. The van der Waals surface area contributed by atoms with Crippen LogP contribution in [0.15, 0.2) is 83.3 Å². The van der Waals surface area contributed by atoms with Crippen LogP contribution in [0.2, 0.25) is 0 Å². The lowest BCUT2D eigenvalue weighted by Crippen LogP contribution is -1.97. The zero-order valence-electron chi connectivity index (χ0n) is 15.9. The molecule has 0 amide bonds. The Morgan fingerprint density at radius 2 is 1.66 bits per heavy atom. The molecule has 0 aliphatic rings. The van der Waals surface area contributed by atoms with Gasteiger partial charge < -0.3 is 9.15 Å². The third kappa shape index (κ3) is 3.13. The summed E-state index contributed by atoms with van der Waals surface area (Å²) in [7, 11) is 0. The zero-order valence-corrected chi connectivity index (χ0v) is 15.9. The van der Waals surface area contributed by atoms with Gasteiger partial charge in [0, 0.05) is 16.3 Å². The largest absolute Gasteiger partial charge is 0.488 e. The summed E-state index contributed by atoms with van der Waals surface area (Å²) in [5, 5.41) is 1.67. The van der Waals surface area contributed by atoms with Gasteiger partial charge in [-0.05, 0) is 42.8 Å². The predicted octanol–water partition coefficient (Wildman–Crippen LogP) is 6.67. The van der Waals surface area contributed by atoms with Gasteiger partial charge in [-0.1, -0.05) is 48.5 Å². The zero-order chi connectivity index (χ0) is 19.8. The number of fused-ring (bicyclic) bond motifs is 2. The molecule has 0 unspecified atom stereocenters. The van der Waals surface area contributed by atoms with Crippen molar-refractivity contribution in [3.05, 3.63) is 95.8 Å². The van der Waals surface area contributed by atoms with Gasteiger partial charge in [0.2, 0.25) is 0 Å². The van der Waals surface area contributed by atoms with Gasteiger partial charge in [-0.25, -0.2) is 9.37 Å². The van der Waals surface area contributed by atoms with E-state index in [1.165, 1.54) is 6.07 Å². The van der Waals surface area contributed by atoms with E-state index in [0.717, 1.165) is 22.1 Å². The Labute approximate surface area is 167 Å². The maximum atomic E-state index is 14.6. The summed E-state index contributed by atoms with van der Waals surface area (Å²) in [4.78, 5) is 4.57. The highest BCUT2D eigenvalue weighted by molar-refractivity contribution is 5.90. The predicted molar refractivity (Wildman–Crippen MR) is 112 cm³/mol. The van der Waals surface area contributed by atoms with Crippen LogP contribution < -0.4 is 4.74 Å². The number of furan rings is 1. The Kier molecular flexibility index (Phi) is 4.24. The quantitative estimate of drug-likeness (QED) is 0.347. The number of aryl methyl sites for hydroxylation is 1. The average Bonchev–Trinajstić information content (AvgIpc) is 3.11. The van der Waals surface area contributed by atoms with Gasteiger partial charge in [0.1, 0.15) is 35.0 Å². The molecule has 29 heavy (non-hydrogen) atoms. The summed E-state index contributed by atoms with van der Waals surface area (Å²) in [6.07, 6.45) is 0. The highest BCUT2D eigenvalue weighted by Crippen LogP contribution is 2.34. The first-order valence-corrected chi connectivity index (χ1v) is 9.45. The molecule has 2 heterocycles. The van der Waals surface area contributed by atoms with E-state index in [1.54, 1.807) is 6.07 Å². The molecule has 4 heteroatoms. The van der Waals surface area contributed by atoms with E-state index in [1.807, 2.05) is 73.7 Å². The second-order valence-corrected chi connectivity index (χ2v) is 6.96. The number of halogens is 1. The molecule has 0 aliphatic heterocycles. The molecule has 3 nitrogen and oxygen atoms in total. The summed E-state index contributed by atoms with van der Waals surface area (Å²) in [5.41, 5.74) is 3.71. The SMILES string of the molecule is Cc1c(-c2ccc3c(OCc4ccccc4)ccc(F)c3n2)oc2ccccc12. The number of para-hydroxylation sites is 1. The van der Waals surface area contributed by atoms with Crippen LogP contribution >= 0.6 is 0 Å². The molecule has 142 valence electrons. The van der Waals surface area contributed by atoms with Gasteiger partial charge in [-0.2, -0.15) is 0 Å². The third-order valence-electron chi connectivity index (χ3n) is 5.08. The standard InChI is InChI=1S/C25H18FNO2/c1-16-18-9-5-6-10-23(18)29-25(16)21-13-11-19-22(14-12-20(26)24(19)27-21)28-15-17-7-3-2-4-8-17/h2-14H,15H2,1H3. The van der Waals surface area contributed by atoms with E-state index in [9.17, 15) is 4.39 Å². The number of benzene rings is 3. The minimum atomic E-state index is -0.386. The van der Waals surface area contributed by atoms with Crippen LogP contribution in [0.4, 0.5) is 4.39 Å². The Morgan fingerprint density at radius 1 is 0.862 bits per heavy atom. The van der Waals surface area contributed by atoms with Crippen molar-refractivity contribution in [1.82, 2.24) is 4.98 Å². The molecule has 0 saturated carbocycles. The van der Waals surface area contributed by atoms with Gasteiger partial charge in [0.05, 0.1) is 0 Å². The fourth-order valence-electron chi connectivity index (χ4n) is 3.56. The van der Waals surface area contributed by atoms with Gasteiger partial charge in [0.15, 0.2) is 5.76 Å². The van der Waals surface area contributed by atoms with E-state index in [-0.39, 0.29) is 11.3 Å². The van der Waals surface area contributed by atoms with Crippen LogP contribution in [0.3, 0.4) is 0 Å². The molecule has 3 aromatic carbocycles. The van der Waals surface area contributed by atoms with E-state index >= 15 is 0 Å². The number of hydrogen-bond donors (Lipinski definition) is 0. The van der Waals surface area contributed by atoms with Crippen LogP contribution in [0.25, 0.3) is 33.3 Å². The summed E-state index contributed by atoms with van der Waals surface area (Å²) in [6, 6.07) is 24.4. The number of rotatable bonds is 4. The lowest BCUT2D eigenvalue weighted by atomic mass is 10.1. The molecule has 5 aromatic rings. The summed E-state index contributed by atoms with van der Waals surface area (Å²) < 4.78 is 26.5. The van der Waals surface area contributed by atoms with E-state index in [0.29, 0.717) is 29.2 Å². The molecule has 0 N–H and O–H groups in total. The number of ether oxygens (including phenoxy) is 1. The Morgan fingerprint density at radius 3 is 2.48 bits per heavy atom. The molecular formula is C25H18FNO2. The molecule has 0 fully saturated rings. The fourth-order valence-corrected chi connectivity index (χ4v) is 3.56. The van der Waals surface area contributed by atoms with Gasteiger partial charge in [0.25, 0.3) is 0 Å². The first-order chi connectivity index (χ1) is 14.2. The maximum Gasteiger partial charge on any atom is 0.156 e. The minimum absolute atomic E-state index is 0.271. The number of aromatic nitrogens is 1. The fraction of sp³-hybridized carbons (Fsp3) is 0.0800. The van der Waals surface area contributed by atoms with Crippen molar-refractivity contribution in [2.24, 2.45) is 0 Å². The van der Waals surface area contributed by atoms with Crippen LogP contribution in [0.5, 0.6) is 5.75 Å². The first kappa shape index (κ1) is 17.4. The average molecular weight is 383 g/mol. The minimum Gasteiger partial charge on any atom is -0.488 e. The molecule has 0 bridgehead atoms. The molecule has 0 saturated heterocycles. The van der Waals surface area contributed by atoms with E-state index in [2.05, 4.69) is 4.98 Å². The summed E-state index contributed by atoms with van der Waals surface area (Å²) in [5.74, 6) is 0.872. The van der Waals surface area contributed by atoms with Crippen LogP contribution in [-0.4, -0.2) is 4.98 Å². The molecule has 0 aliphatic carbocycles. The Bertz CT molecular complexity index is 1330. The second-order valence-electron chi connectivity index (χ2n) is 6.96. The normalized spacial score (nSPS) is 11.2. The third-order valence-corrected chi connectivity index (χ3v) is 5.08. The lowest BCUT2D eigenvalue weighted by Gasteiger charge is -2.10. The highest BCUT2D eigenvalue weighted by atomic mass is 19.1. The second kappa shape index (κ2) is 7.06. The smallest absolute Gasteiger partial charge is 0.156 e. The molecule has 2 aromatic heterocycles. The van der Waals surface area contributed by atoms with Gasteiger partial charge in [-0.15, -0.1) is 0 Å². The van der Waals surface area contributed by atoms with Crippen LogP contribution in [0.1, 0.15) is 11.1 Å². The number of pyridine rings is 1. The van der Waals surface area contributed by atoms with Crippen molar-refractivity contribution >= 4 is 21.9 Å². The maximum absolute atomic E-state index is 14.6. The first-order valence-electron chi connectivity index (χ1n) is 9.45. The van der Waals surface area contributed by atoms with Crippen molar-refractivity contribution in [1.29, 1.82) is 0 Å². The number of hydrogen-bond acceptors (Lipinski definition) is 3. The van der Waals surface area contributed by atoms with E-state index < -0.39 is 0 Å². The molecule has 0 radical (unpaired) electrons. The van der Waals surface area contributed by atoms with E-state index in [4.69, 9.17) is 9.15 Å². The van der Waals surface area contributed by atoms with Gasteiger partial charge >= 0.3 is 0 Å². The Hall–Kier alpha value is -3.66. The Balaban J connectivity index is 1.56. The lowest BCUT2D eigenvalue weighted by molar-refractivity contribution is 0.309. The molecule has 0 atom stereocenters. The van der Waals surface area contributed by atoms with Crippen molar-refractivity contribution < 1.29 is 13.5 Å². The number of nitrogens with zero attached hydrogens (tertiary/aromatic N) is 1. The van der Waals surface area contributed by atoms with Crippen molar-refractivity contribution in [3.8, 4) is 17.2 Å². The van der Waals surface area contributed by atoms with Crippen LogP contribution in [-0.2, 0) is 6.61 Å². The molecular weight excluding hydrogens is 365 g/mol. The van der Waals surface area contributed by atoms with Crippen molar-refractivity contribution in [3.63, 3.8) is 0 Å². The summed E-state index contributed by atoms with van der Waals surface area (Å²) >= 11 is 0. The van der Waals surface area contributed by atoms with Crippen molar-refractivity contribution in [2.75, 3.05) is 0 Å². The van der Waals surface area contributed by atoms with Crippen LogP contribution in [0, 0.1) is 12.7 Å². The monoisotopic (exact) mass is 383 g/mol. The summed E-state index contributed by atoms with van der Waals surface area (Å²) in [6.45, 7) is 2.40. The molecule has 0 spiro atoms. The topological polar surface area (TPSA) is 35.3 Å². The van der Waals surface area contributed by atoms with Gasteiger partial charge in [-0.3, -0.25) is 0 Å². The van der Waals surface area contributed by atoms with Crippen molar-refractivity contribution in [2.45, 2.75) is 13.5 Å². The molecule has 5 rings (SSSR count).